The van der Waals surface area contributed by atoms with Crippen LogP contribution >= 0.6 is 23.8 Å². The largest absolute Gasteiger partial charge is 0.304 e. The number of hydrogen-bond acceptors (Lipinski definition) is 3. The molecule has 0 unspecified atom stereocenters. The number of benzene rings is 1. The van der Waals surface area contributed by atoms with E-state index in [1.54, 1.807) is 12.1 Å². The highest BCUT2D eigenvalue weighted by Crippen LogP contribution is 2.21. The molecule has 0 saturated carbocycles. The molecule has 1 aliphatic heterocycles. The summed E-state index contributed by atoms with van der Waals surface area (Å²) in [5.74, 6) is 0.776. The van der Waals surface area contributed by atoms with Crippen LogP contribution in [0.4, 0.5) is 4.39 Å². The number of hydrogen-bond donors (Lipinski definition) is 0. The molecule has 0 N–H and O–H groups in total. The Kier molecular flexibility index (Phi) is 5.14. The third-order valence-electron chi connectivity index (χ3n) is 4.15. The first-order chi connectivity index (χ1) is 11.1. The fourth-order valence-corrected chi connectivity index (χ4v) is 3.47. The molecule has 0 amide bonds. The highest BCUT2D eigenvalue weighted by Gasteiger charge is 2.15. The van der Waals surface area contributed by atoms with Crippen molar-refractivity contribution in [1.82, 2.24) is 19.2 Å². The summed E-state index contributed by atoms with van der Waals surface area (Å²) < 4.78 is 18.6. The number of fused-ring (bicyclic) bond motifs is 1. The monoisotopic (exact) mass is 354 g/mol. The Morgan fingerprint density at radius 1 is 1.35 bits per heavy atom. The molecule has 1 aliphatic rings. The number of nitrogens with zero attached hydrogens (tertiary/aromatic N) is 4. The molecular weight excluding hydrogens is 335 g/mol. The van der Waals surface area contributed by atoms with Crippen molar-refractivity contribution in [2.45, 2.75) is 45.4 Å². The minimum atomic E-state index is -0.284. The van der Waals surface area contributed by atoms with E-state index in [2.05, 4.69) is 9.67 Å². The molecule has 2 heterocycles. The molecule has 0 aliphatic carbocycles. The van der Waals surface area contributed by atoms with Crippen molar-refractivity contribution in [2.75, 3.05) is 7.05 Å². The van der Waals surface area contributed by atoms with Crippen LogP contribution < -0.4 is 0 Å². The number of aromatic nitrogens is 3. The van der Waals surface area contributed by atoms with Crippen LogP contribution in [-0.2, 0) is 26.2 Å². The molecule has 0 radical (unpaired) electrons. The smallest absolute Gasteiger partial charge is 0.199 e. The molecule has 3 rings (SSSR count). The van der Waals surface area contributed by atoms with Crippen LogP contribution in [0.3, 0.4) is 0 Å². The van der Waals surface area contributed by atoms with Gasteiger partial charge in [-0.2, -0.15) is 5.10 Å². The summed E-state index contributed by atoms with van der Waals surface area (Å²) >= 11 is 11.6. The lowest BCUT2D eigenvalue weighted by Crippen LogP contribution is -2.23. The van der Waals surface area contributed by atoms with E-state index in [-0.39, 0.29) is 5.82 Å². The molecule has 1 aromatic carbocycles. The topological polar surface area (TPSA) is 26.0 Å². The van der Waals surface area contributed by atoms with Crippen LogP contribution in [0.15, 0.2) is 18.2 Å². The van der Waals surface area contributed by atoms with Crippen molar-refractivity contribution < 1.29 is 4.39 Å². The van der Waals surface area contributed by atoms with E-state index >= 15 is 0 Å². The van der Waals surface area contributed by atoms with Gasteiger partial charge in [-0.3, -0.25) is 4.90 Å². The third-order valence-corrected chi connectivity index (χ3v) is 4.93. The van der Waals surface area contributed by atoms with Crippen molar-refractivity contribution in [3.63, 3.8) is 0 Å². The van der Waals surface area contributed by atoms with Gasteiger partial charge in [0.15, 0.2) is 4.77 Å². The SMILES string of the molecule is CN(Cc1c(F)cccc1Cl)Cn1nc2n(c1=S)CCCCC2. The molecule has 0 fully saturated rings. The predicted octanol–water partition coefficient (Wildman–Crippen LogP) is 4.02. The van der Waals surface area contributed by atoms with Gasteiger partial charge in [0.05, 0.1) is 6.67 Å². The Morgan fingerprint density at radius 3 is 2.96 bits per heavy atom. The van der Waals surface area contributed by atoms with E-state index in [1.807, 2.05) is 16.6 Å². The zero-order chi connectivity index (χ0) is 16.4. The highest BCUT2D eigenvalue weighted by molar-refractivity contribution is 7.71. The average Bonchev–Trinajstić information content (AvgIpc) is 2.69. The van der Waals surface area contributed by atoms with E-state index in [0.29, 0.717) is 23.8 Å². The fourth-order valence-electron chi connectivity index (χ4n) is 2.95. The van der Waals surface area contributed by atoms with E-state index in [9.17, 15) is 4.39 Å². The van der Waals surface area contributed by atoms with Gasteiger partial charge in [-0.05, 0) is 44.2 Å². The Balaban J connectivity index is 1.76. The number of rotatable bonds is 4. The first-order valence-corrected chi connectivity index (χ1v) is 8.63. The summed E-state index contributed by atoms with van der Waals surface area (Å²) in [6, 6.07) is 4.75. The van der Waals surface area contributed by atoms with Gasteiger partial charge in [0.2, 0.25) is 0 Å². The highest BCUT2D eigenvalue weighted by atomic mass is 35.5. The van der Waals surface area contributed by atoms with Gasteiger partial charge in [0.25, 0.3) is 0 Å². The van der Waals surface area contributed by atoms with Crippen molar-refractivity contribution in [3.05, 3.63) is 45.2 Å². The minimum Gasteiger partial charge on any atom is -0.304 e. The maximum Gasteiger partial charge on any atom is 0.199 e. The number of aryl methyl sites for hydroxylation is 1. The molecule has 0 spiro atoms. The van der Waals surface area contributed by atoms with E-state index < -0.39 is 0 Å². The summed E-state index contributed by atoms with van der Waals surface area (Å²) in [6.07, 6.45) is 4.50. The van der Waals surface area contributed by atoms with Crippen molar-refractivity contribution in [1.29, 1.82) is 0 Å². The maximum absolute atomic E-state index is 13.9. The summed E-state index contributed by atoms with van der Waals surface area (Å²) in [6.45, 7) is 1.87. The Bertz CT molecular complexity index is 735. The van der Waals surface area contributed by atoms with Crippen LogP contribution in [0.25, 0.3) is 0 Å². The average molecular weight is 355 g/mol. The molecule has 7 heteroatoms. The molecule has 0 saturated heterocycles. The second kappa shape index (κ2) is 7.11. The van der Waals surface area contributed by atoms with Gasteiger partial charge in [0.1, 0.15) is 11.6 Å². The van der Waals surface area contributed by atoms with Gasteiger partial charge in [-0.1, -0.05) is 24.1 Å². The molecule has 2 aromatic rings. The summed E-state index contributed by atoms with van der Waals surface area (Å²) in [7, 11) is 1.91. The molecule has 1 aromatic heterocycles. The molecule has 124 valence electrons. The van der Waals surface area contributed by atoms with E-state index in [4.69, 9.17) is 23.8 Å². The molecular formula is C16H20ClFN4S. The van der Waals surface area contributed by atoms with Crippen LogP contribution in [-0.4, -0.2) is 26.3 Å². The standard InChI is InChI=1S/C16H20ClFN4S/c1-20(10-12-13(17)6-5-7-14(12)18)11-22-16(23)21-9-4-2-3-8-15(21)19-22/h5-7H,2-4,8-11H2,1H3. The minimum absolute atomic E-state index is 0.284. The Labute approximate surface area is 145 Å². The first kappa shape index (κ1) is 16.6. The summed E-state index contributed by atoms with van der Waals surface area (Å²) in [4.78, 5) is 1.97. The van der Waals surface area contributed by atoms with Gasteiger partial charge in [0, 0.05) is 30.1 Å². The fraction of sp³-hybridized carbons (Fsp3) is 0.500. The van der Waals surface area contributed by atoms with Gasteiger partial charge >= 0.3 is 0 Å². The predicted molar refractivity (Wildman–Crippen MR) is 91.5 cm³/mol. The zero-order valence-corrected chi connectivity index (χ0v) is 14.7. The maximum atomic E-state index is 13.9. The second-order valence-corrected chi connectivity index (χ2v) is 6.79. The van der Waals surface area contributed by atoms with Crippen LogP contribution in [0.1, 0.15) is 30.7 Å². The molecule has 4 nitrogen and oxygen atoms in total. The van der Waals surface area contributed by atoms with Crippen molar-refractivity contribution >= 4 is 23.8 Å². The van der Waals surface area contributed by atoms with E-state index in [1.165, 1.54) is 12.5 Å². The Hall–Kier alpha value is -1.24. The molecule has 0 bridgehead atoms. The lowest BCUT2D eigenvalue weighted by atomic mass is 10.2. The zero-order valence-electron chi connectivity index (χ0n) is 13.1. The Morgan fingerprint density at radius 2 is 2.17 bits per heavy atom. The molecule has 23 heavy (non-hydrogen) atoms. The van der Waals surface area contributed by atoms with Gasteiger partial charge < -0.3 is 4.57 Å². The van der Waals surface area contributed by atoms with Crippen molar-refractivity contribution in [3.8, 4) is 0 Å². The van der Waals surface area contributed by atoms with Gasteiger partial charge in [-0.15, -0.1) is 0 Å². The molecule has 0 atom stereocenters. The number of halogens is 2. The third kappa shape index (κ3) is 3.65. The summed E-state index contributed by atoms with van der Waals surface area (Å²) in [5.41, 5.74) is 0.504. The van der Waals surface area contributed by atoms with Crippen LogP contribution in [0.2, 0.25) is 5.02 Å². The lowest BCUT2D eigenvalue weighted by molar-refractivity contribution is 0.240. The lowest BCUT2D eigenvalue weighted by Gasteiger charge is -2.17. The second-order valence-electron chi connectivity index (χ2n) is 6.02. The van der Waals surface area contributed by atoms with Crippen LogP contribution in [0.5, 0.6) is 0 Å². The van der Waals surface area contributed by atoms with E-state index in [0.717, 1.165) is 36.4 Å². The quantitative estimate of drug-likeness (QED) is 0.775. The normalized spacial score (nSPS) is 14.8. The van der Waals surface area contributed by atoms with Crippen LogP contribution in [0, 0.1) is 10.6 Å². The van der Waals surface area contributed by atoms with Gasteiger partial charge in [-0.25, -0.2) is 9.07 Å². The first-order valence-electron chi connectivity index (χ1n) is 7.84. The summed E-state index contributed by atoms with van der Waals surface area (Å²) in [5, 5.41) is 5.09. The van der Waals surface area contributed by atoms with Crippen molar-refractivity contribution in [2.24, 2.45) is 0 Å².